The predicted octanol–water partition coefficient (Wildman–Crippen LogP) is 2.04. The number of ether oxygens (including phenoxy) is 4. The molecule has 0 aliphatic carbocycles. The number of esters is 2. The number of quaternary nitrogens is 1. The molecule has 7 heteroatoms. The standard InChI is InChI=1S/C23H32NO6/c1-5-27-14(2)22(25)28-13-17(15-9-7-6-8-10-15)23(26)29-16-11-18-20-21(30-20)19(12-16)24(18,3)4/h6-10,14,16-21H,5,11-13H2,1-4H3/q+1/t14?,16?,17-,18-,19+,20+,21-/m1/s1. The maximum absolute atomic E-state index is 13.1. The van der Waals surface area contributed by atoms with Gasteiger partial charge in [0.05, 0.1) is 14.1 Å². The lowest BCUT2D eigenvalue weighted by molar-refractivity contribution is -0.938. The topological polar surface area (TPSA) is 74.4 Å². The SMILES string of the molecule is CCOC(C)C(=O)OC[C@@H](C(=O)OC1C[C@@H]2[C@@H]3O[C@@H]3[C@H](C1)[N+]2(C)C)c1ccccc1. The summed E-state index contributed by atoms with van der Waals surface area (Å²) in [5, 5.41) is 0. The number of carbonyl (C=O) groups is 2. The molecule has 30 heavy (non-hydrogen) atoms. The number of hydrogen-bond acceptors (Lipinski definition) is 6. The molecule has 1 aromatic rings. The van der Waals surface area contributed by atoms with Crippen LogP contribution >= 0.6 is 0 Å². The van der Waals surface area contributed by atoms with Gasteiger partial charge in [-0.05, 0) is 19.4 Å². The number of benzene rings is 1. The first-order valence-electron chi connectivity index (χ1n) is 10.8. The van der Waals surface area contributed by atoms with Crippen LogP contribution in [0, 0.1) is 0 Å². The summed E-state index contributed by atoms with van der Waals surface area (Å²) in [5.74, 6) is -1.47. The fourth-order valence-electron chi connectivity index (χ4n) is 5.13. The second kappa shape index (κ2) is 8.29. The molecule has 0 aromatic heterocycles. The summed E-state index contributed by atoms with van der Waals surface area (Å²) in [7, 11) is 4.49. The molecule has 2 bridgehead atoms. The number of epoxide rings is 1. The van der Waals surface area contributed by atoms with Crippen LogP contribution in [-0.4, -0.2) is 80.2 Å². The molecule has 0 saturated carbocycles. The van der Waals surface area contributed by atoms with Crippen molar-refractivity contribution in [1.29, 1.82) is 0 Å². The summed E-state index contributed by atoms with van der Waals surface area (Å²) >= 11 is 0. The largest absolute Gasteiger partial charge is 0.462 e. The van der Waals surface area contributed by atoms with Crippen LogP contribution in [-0.2, 0) is 28.5 Å². The van der Waals surface area contributed by atoms with E-state index in [0.29, 0.717) is 30.9 Å². The van der Waals surface area contributed by atoms with Crippen molar-refractivity contribution < 1.29 is 33.0 Å². The zero-order chi connectivity index (χ0) is 21.5. The van der Waals surface area contributed by atoms with Crippen molar-refractivity contribution in [3.8, 4) is 0 Å². The number of likely N-dealkylation sites (N-methyl/N-ethyl adjacent to an activating group) is 1. The van der Waals surface area contributed by atoms with Crippen LogP contribution in [0.1, 0.15) is 38.2 Å². The quantitative estimate of drug-likeness (QED) is 0.365. The molecule has 3 fully saturated rings. The van der Waals surface area contributed by atoms with Gasteiger partial charge < -0.3 is 23.4 Å². The number of carbonyl (C=O) groups excluding carboxylic acids is 2. The number of piperidine rings is 1. The minimum absolute atomic E-state index is 0.0609. The van der Waals surface area contributed by atoms with E-state index in [1.165, 1.54) is 0 Å². The van der Waals surface area contributed by atoms with Crippen LogP contribution in [0.25, 0.3) is 0 Å². The zero-order valence-corrected chi connectivity index (χ0v) is 18.2. The van der Waals surface area contributed by atoms with Crippen molar-refractivity contribution in [3.05, 3.63) is 35.9 Å². The number of fused-ring (bicyclic) bond motifs is 5. The van der Waals surface area contributed by atoms with Gasteiger partial charge in [0, 0.05) is 19.4 Å². The number of hydrogen-bond donors (Lipinski definition) is 0. The Hall–Kier alpha value is -1.96. The van der Waals surface area contributed by atoms with Gasteiger partial charge in [-0.2, -0.15) is 0 Å². The minimum Gasteiger partial charge on any atom is -0.462 e. The van der Waals surface area contributed by atoms with E-state index < -0.39 is 18.0 Å². The van der Waals surface area contributed by atoms with Crippen molar-refractivity contribution in [3.63, 3.8) is 0 Å². The zero-order valence-electron chi connectivity index (χ0n) is 18.2. The second-order valence-corrected chi connectivity index (χ2v) is 9.05. The minimum atomic E-state index is -0.664. The number of rotatable bonds is 8. The normalized spacial score (nSPS) is 32.6. The molecule has 4 rings (SSSR count). The van der Waals surface area contributed by atoms with Gasteiger partial charge in [-0.1, -0.05) is 30.3 Å². The third kappa shape index (κ3) is 3.98. The molecule has 0 radical (unpaired) electrons. The summed E-state index contributed by atoms with van der Waals surface area (Å²) in [4.78, 5) is 25.3. The summed E-state index contributed by atoms with van der Waals surface area (Å²) in [6, 6.07) is 10.1. The molecule has 3 heterocycles. The van der Waals surface area contributed by atoms with Gasteiger partial charge in [0.15, 0.2) is 6.10 Å². The molecule has 164 valence electrons. The van der Waals surface area contributed by atoms with Crippen molar-refractivity contribution in [1.82, 2.24) is 0 Å². The first-order valence-corrected chi connectivity index (χ1v) is 10.8. The highest BCUT2D eigenvalue weighted by atomic mass is 16.6. The maximum atomic E-state index is 13.1. The van der Waals surface area contributed by atoms with Crippen LogP contribution in [0.15, 0.2) is 30.3 Å². The van der Waals surface area contributed by atoms with E-state index >= 15 is 0 Å². The first-order chi connectivity index (χ1) is 14.3. The summed E-state index contributed by atoms with van der Waals surface area (Å²) in [5.41, 5.74) is 0.778. The second-order valence-electron chi connectivity index (χ2n) is 9.05. The lowest BCUT2D eigenvalue weighted by atomic mass is 9.95. The van der Waals surface area contributed by atoms with E-state index in [1.807, 2.05) is 37.3 Å². The Morgan fingerprint density at radius 2 is 1.73 bits per heavy atom. The molecule has 3 aliphatic rings. The summed E-state index contributed by atoms with van der Waals surface area (Å²) < 4.78 is 23.4. The smallest absolute Gasteiger partial charge is 0.334 e. The van der Waals surface area contributed by atoms with Gasteiger partial charge in [-0.15, -0.1) is 0 Å². The highest BCUT2D eigenvalue weighted by molar-refractivity contribution is 5.80. The fraction of sp³-hybridized carbons (Fsp3) is 0.652. The van der Waals surface area contributed by atoms with Gasteiger partial charge in [-0.3, -0.25) is 4.79 Å². The first kappa shape index (κ1) is 21.3. The number of nitrogens with zero attached hydrogens (tertiary/aromatic N) is 1. The fourth-order valence-corrected chi connectivity index (χ4v) is 5.13. The third-order valence-electron chi connectivity index (χ3n) is 6.95. The van der Waals surface area contributed by atoms with Crippen LogP contribution in [0.2, 0.25) is 0 Å². The Morgan fingerprint density at radius 1 is 1.10 bits per heavy atom. The van der Waals surface area contributed by atoms with Crippen LogP contribution in [0.4, 0.5) is 0 Å². The molecular formula is C23H32NO6+. The molecule has 0 amide bonds. The van der Waals surface area contributed by atoms with Gasteiger partial charge in [0.2, 0.25) is 0 Å². The van der Waals surface area contributed by atoms with E-state index in [1.54, 1.807) is 6.92 Å². The highest BCUT2D eigenvalue weighted by Gasteiger charge is 2.70. The Bertz CT molecular complexity index is 761. The maximum Gasteiger partial charge on any atom is 0.334 e. The van der Waals surface area contributed by atoms with Crippen molar-refractivity contribution in [2.75, 3.05) is 27.3 Å². The van der Waals surface area contributed by atoms with Gasteiger partial charge in [0.1, 0.15) is 42.9 Å². The molecule has 7 nitrogen and oxygen atoms in total. The Balaban J connectivity index is 1.41. The van der Waals surface area contributed by atoms with E-state index in [2.05, 4.69) is 14.1 Å². The highest BCUT2D eigenvalue weighted by Crippen LogP contribution is 2.51. The average Bonchev–Trinajstić information content (AvgIpc) is 3.47. The Morgan fingerprint density at radius 3 is 2.33 bits per heavy atom. The van der Waals surface area contributed by atoms with Gasteiger partial charge in [-0.25, -0.2) is 4.79 Å². The lowest BCUT2D eigenvalue weighted by Crippen LogP contribution is -2.60. The van der Waals surface area contributed by atoms with Gasteiger partial charge >= 0.3 is 11.9 Å². The summed E-state index contributed by atoms with van der Waals surface area (Å²) in [6.07, 6.45) is 1.43. The van der Waals surface area contributed by atoms with E-state index in [4.69, 9.17) is 18.9 Å². The van der Waals surface area contributed by atoms with E-state index in [0.717, 1.165) is 22.9 Å². The lowest BCUT2D eigenvalue weighted by Gasteiger charge is -2.45. The molecule has 1 aromatic carbocycles. The van der Waals surface area contributed by atoms with Crippen molar-refractivity contribution >= 4 is 11.9 Å². The average molecular weight is 419 g/mol. The van der Waals surface area contributed by atoms with Crippen LogP contribution in [0.5, 0.6) is 0 Å². The molecule has 0 N–H and O–H groups in total. The molecular weight excluding hydrogens is 386 g/mol. The van der Waals surface area contributed by atoms with Crippen molar-refractivity contribution in [2.45, 2.75) is 69.1 Å². The van der Waals surface area contributed by atoms with Gasteiger partial charge in [0.25, 0.3) is 0 Å². The predicted molar refractivity (Wildman–Crippen MR) is 109 cm³/mol. The van der Waals surface area contributed by atoms with Crippen LogP contribution in [0.3, 0.4) is 0 Å². The molecule has 0 spiro atoms. The van der Waals surface area contributed by atoms with Crippen molar-refractivity contribution in [2.24, 2.45) is 0 Å². The monoisotopic (exact) mass is 418 g/mol. The molecule has 7 atom stereocenters. The van der Waals surface area contributed by atoms with E-state index in [9.17, 15) is 9.59 Å². The Labute approximate surface area is 177 Å². The number of morpholine rings is 1. The summed E-state index contributed by atoms with van der Waals surface area (Å²) in [6.45, 7) is 3.83. The molecule has 2 unspecified atom stereocenters. The van der Waals surface area contributed by atoms with Crippen LogP contribution < -0.4 is 0 Å². The Kier molecular flexibility index (Phi) is 5.88. The molecule has 3 aliphatic heterocycles. The van der Waals surface area contributed by atoms with E-state index in [-0.39, 0.29) is 18.7 Å². The third-order valence-corrected chi connectivity index (χ3v) is 6.95. The molecule has 3 saturated heterocycles.